The SMILES string of the molecule is N#CSC1=CCCCC1=O. The molecule has 0 atom stereocenters. The van der Waals surface area contributed by atoms with E-state index in [4.69, 9.17) is 5.26 Å². The molecular formula is C7H7NOS. The lowest BCUT2D eigenvalue weighted by Gasteiger charge is -2.05. The highest BCUT2D eigenvalue weighted by Gasteiger charge is 2.12. The number of thioether (sulfide) groups is 1. The van der Waals surface area contributed by atoms with E-state index in [2.05, 4.69) is 0 Å². The third kappa shape index (κ3) is 1.61. The van der Waals surface area contributed by atoms with Crippen molar-refractivity contribution in [3.8, 4) is 5.40 Å². The molecule has 3 heteroatoms. The number of hydrogen-bond acceptors (Lipinski definition) is 3. The largest absolute Gasteiger partial charge is 0.294 e. The Kier molecular flexibility index (Phi) is 2.52. The summed E-state index contributed by atoms with van der Waals surface area (Å²) in [5.41, 5.74) is 0. The molecule has 0 fully saturated rings. The maximum atomic E-state index is 10.9. The van der Waals surface area contributed by atoms with E-state index in [9.17, 15) is 4.79 Å². The molecule has 1 aliphatic carbocycles. The number of thiocyanates is 1. The van der Waals surface area contributed by atoms with Crippen molar-refractivity contribution < 1.29 is 4.79 Å². The third-order valence-electron chi connectivity index (χ3n) is 1.37. The summed E-state index contributed by atoms with van der Waals surface area (Å²) in [7, 11) is 0. The van der Waals surface area contributed by atoms with E-state index in [0.29, 0.717) is 11.3 Å². The monoisotopic (exact) mass is 153 g/mol. The molecule has 2 nitrogen and oxygen atoms in total. The molecule has 1 aliphatic rings. The Hall–Kier alpha value is -0.750. The van der Waals surface area contributed by atoms with Gasteiger partial charge >= 0.3 is 0 Å². The fourth-order valence-electron chi connectivity index (χ4n) is 0.881. The zero-order valence-corrected chi connectivity index (χ0v) is 6.28. The topological polar surface area (TPSA) is 40.9 Å². The van der Waals surface area contributed by atoms with Crippen molar-refractivity contribution in [1.29, 1.82) is 5.26 Å². The molecule has 0 aromatic heterocycles. The molecule has 0 N–H and O–H groups in total. The highest BCUT2D eigenvalue weighted by Crippen LogP contribution is 2.23. The van der Waals surface area contributed by atoms with Gasteiger partial charge in [-0.3, -0.25) is 4.79 Å². The maximum absolute atomic E-state index is 10.9. The number of allylic oxidation sites excluding steroid dienone is 2. The Morgan fingerprint density at radius 3 is 3.10 bits per heavy atom. The van der Waals surface area contributed by atoms with Crippen LogP contribution in [0.3, 0.4) is 0 Å². The number of Topliss-reactive ketones (excluding diaryl/α,β-unsaturated/α-hetero) is 1. The van der Waals surface area contributed by atoms with Crippen molar-refractivity contribution >= 4 is 17.5 Å². The van der Waals surface area contributed by atoms with Crippen LogP contribution in [-0.2, 0) is 4.79 Å². The average Bonchev–Trinajstić information content (AvgIpc) is 1.94. The van der Waals surface area contributed by atoms with Gasteiger partial charge in [0, 0.05) is 6.42 Å². The molecule has 0 unspecified atom stereocenters. The molecule has 0 aromatic rings. The zero-order valence-electron chi connectivity index (χ0n) is 5.46. The summed E-state index contributed by atoms with van der Waals surface area (Å²) >= 11 is 0.977. The van der Waals surface area contributed by atoms with Gasteiger partial charge in [0.2, 0.25) is 0 Å². The van der Waals surface area contributed by atoms with Crippen LogP contribution in [0.5, 0.6) is 0 Å². The summed E-state index contributed by atoms with van der Waals surface area (Å²) < 4.78 is 0. The molecule has 0 heterocycles. The highest BCUT2D eigenvalue weighted by molar-refractivity contribution is 8.08. The van der Waals surface area contributed by atoms with Crippen LogP contribution in [-0.4, -0.2) is 5.78 Å². The van der Waals surface area contributed by atoms with Crippen LogP contribution >= 0.6 is 11.8 Å². The van der Waals surface area contributed by atoms with E-state index < -0.39 is 0 Å². The van der Waals surface area contributed by atoms with Gasteiger partial charge in [0.15, 0.2) is 5.78 Å². The smallest absolute Gasteiger partial charge is 0.169 e. The lowest BCUT2D eigenvalue weighted by molar-refractivity contribution is -0.115. The number of nitriles is 1. The lowest BCUT2D eigenvalue weighted by Crippen LogP contribution is -2.03. The molecule has 0 amide bonds. The Morgan fingerprint density at radius 1 is 1.70 bits per heavy atom. The molecule has 10 heavy (non-hydrogen) atoms. The van der Waals surface area contributed by atoms with Gasteiger partial charge in [0.05, 0.1) is 4.91 Å². The van der Waals surface area contributed by atoms with E-state index in [1.54, 1.807) is 0 Å². The maximum Gasteiger partial charge on any atom is 0.169 e. The van der Waals surface area contributed by atoms with Crippen LogP contribution in [0.15, 0.2) is 11.0 Å². The molecule has 0 radical (unpaired) electrons. The molecular weight excluding hydrogens is 146 g/mol. The van der Waals surface area contributed by atoms with E-state index in [0.717, 1.165) is 24.6 Å². The van der Waals surface area contributed by atoms with Gasteiger partial charge in [0.1, 0.15) is 5.40 Å². The molecule has 0 saturated carbocycles. The second kappa shape index (κ2) is 3.43. The van der Waals surface area contributed by atoms with Crippen molar-refractivity contribution in [2.75, 3.05) is 0 Å². The second-order valence-electron chi connectivity index (χ2n) is 2.08. The Balaban J connectivity index is 2.64. The van der Waals surface area contributed by atoms with Crippen molar-refractivity contribution in [2.45, 2.75) is 19.3 Å². The first-order valence-corrected chi connectivity index (χ1v) is 3.95. The molecule has 0 spiro atoms. The van der Waals surface area contributed by atoms with Gasteiger partial charge in [-0.2, -0.15) is 5.26 Å². The van der Waals surface area contributed by atoms with Crippen molar-refractivity contribution in [1.82, 2.24) is 0 Å². The first-order chi connectivity index (χ1) is 4.84. The summed E-state index contributed by atoms with van der Waals surface area (Å²) in [5, 5.41) is 10.2. The summed E-state index contributed by atoms with van der Waals surface area (Å²) in [4.78, 5) is 11.6. The van der Waals surface area contributed by atoms with Gasteiger partial charge in [-0.15, -0.1) is 0 Å². The predicted molar refractivity (Wildman–Crippen MR) is 40.1 cm³/mol. The third-order valence-corrected chi connectivity index (χ3v) is 2.07. The van der Waals surface area contributed by atoms with Gasteiger partial charge in [0.25, 0.3) is 0 Å². The normalized spacial score (nSPS) is 17.9. The minimum atomic E-state index is 0.123. The number of carbonyl (C=O) groups is 1. The summed E-state index contributed by atoms with van der Waals surface area (Å²) in [5.74, 6) is 0.123. The molecule has 52 valence electrons. The van der Waals surface area contributed by atoms with Crippen LogP contribution in [0.25, 0.3) is 0 Å². The summed E-state index contributed by atoms with van der Waals surface area (Å²) in [6.45, 7) is 0. The first kappa shape index (κ1) is 7.36. The molecule has 0 aliphatic heterocycles. The lowest BCUT2D eigenvalue weighted by atomic mass is 10.1. The van der Waals surface area contributed by atoms with Crippen LogP contribution in [0.2, 0.25) is 0 Å². The zero-order chi connectivity index (χ0) is 7.40. The molecule has 0 aromatic carbocycles. The highest BCUT2D eigenvalue weighted by atomic mass is 32.2. The van der Waals surface area contributed by atoms with Gasteiger partial charge in [-0.25, -0.2) is 0 Å². The molecule has 0 bridgehead atoms. The van der Waals surface area contributed by atoms with Crippen molar-refractivity contribution in [3.05, 3.63) is 11.0 Å². The van der Waals surface area contributed by atoms with E-state index in [1.807, 2.05) is 11.5 Å². The van der Waals surface area contributed by atoms with Crippen LogP contribution in [0.1, 0.15) is 19.3 Å². The number of hydrogen-bond donors (Lipinski definition) is 0. The number of carbonyl (C=O) groups excluding carboxylic acids is 1. The fraction of sp³-hybridized carbons (Fsp3) is 0.429. The molecule has 1 rings (SSSR count). The van der Waals surface area contributed by atoms with E-state index >= 15 is 0 Å². The Labute approximate surface area is 63.9 Å². The number of rotatable bonds is 1. The molecule has 0 saturated heterocycles. The van der Waals surface area contributed by atoms with Crippen LogP contribution in [0.4, 0.5) is 0 Å². The minimum Gasteiger partial charge on any atom is -0.294 e. The first-order valence-electron chi connectivity index (χ1n) is 3.14. The fourth-order valence-corrected chi connectivity index (χ4v) is 1.40. The standard InChI is InChI=1S/C7H7NOS/c8-5-10-7-4-2-1-3-6(7)9/h4H,1-3H2. The Morgan fingerprint density at radius 2 is 2.50 bits per heavy atom. The van der Waals surface area contributed by atoms with Gasteiger partial charge in [-0.05, 0) is 24.6 Å². The minimum absolute atomic E-state index is 0.123. The Bertz CT molecular complexity index is 214. The summed E-state index contributed by atoms with van der Waals surface area (Å²) in [6, 6.07) is 0. The average molecular weight is 153 g/mol. The van der Waals surface area contributed by atoms with E-state index in [-0.39, 0.29) is 5.78 Å². The number of ketones is 1. The van der Waals surface area contributed by atoms with Crippen molar-refractivity contribution in [3.63, 3.8) is 0 Å². The van der Waals surface area contributed by atoms with Crippen molar-refractivity contribution in [2.24, 2.45) is 0 Å². The van der Waals surface area contributed by atoms with E-state index in [1.165, 1.54) is 0 Å². The second-order valence-corrected chi connectivity index (χ2v) is 2.90. The van der Waals surface area contributed by atoms with Crippen LogP contribution in [0, 0.1) is 10.7 Å². The van der Waals surface area contributed by atoms with Crippen LogP contribution < -0.4 is 0 Å². The predicted octanol–water partition coefficient (Wildman–Crippen LogP) is 1.84. The number of nitrogens with zero attached hydrogens (tertiary/aromatic N) is 1. The van der Waals surface area contributed by atoms with Gasteiger partial charge < -0.3 is 0 Å². The quantitative estimate of drug-likeness (QED) is 0.540. The van der Waals surface area contributed by atoms with Gasteiger partial charge in [-0.1, -0.05) is 6.08 Å². The summed E-state index contributed by atoms with van der Waals surface area (Å²) in [6.07, 6.45) is 4.34.